The van der Waals surface area contributed by atoms with E-state index in [9.17, 15) is 4.79 Å². The molecule has 1 aromatic heterocycles. The zero-order chi connectivity index (χ0) is 17.1. The maximum atomic E-state index is 12.5. The molecule has 1 aliphatic rings. The molecule has 24 heavy (non-hydrogen) atoms. The van der Waals surface area contributed by atoms with Crippen LogP contribution >= 0.6 is 11.6 Å². The second kappa shape index (κ2) is 7.13. The quantitative estimate of drug-likeness (QED) is 0.849. The second-order valence-electron chi connectivity index (χ2n) is 5.63. The average Bonchev–Trinajstić information content (AvgIpc) is 3.06. The number of aromatic nitrogens is 1. The molecule has 0 atom stereocenters. The largest absolute Gasteiger partial charge is 0.476 e. The Labute approximate surface area is 145 Å². The normalized spacial score (nSPS) is 14.8. The molecule has 1 aliphatic heterocycles. The minimum atomic E-state index is -0.157. The molecule has 0 saturated carbocycles. The summed E-state index contributed by atoms with van der Waals surface area (Å²) < 4.78 is 10.3. The zero-order valence-corrected chi connectivity index (χ0v) is 14.5. The molecule has 0 N–H and O–H groups in total. The van der Waals surface area contributed by atoms with Crippen molar-refractivity contribution in [3.63, 3.8) is 0 Å². The third-order valence-corrected chi connectivity index (χ3v) is 4.55. The Morgan fingerprint density at radius 1 is 1.33 bits per heavy atom. The van der Waals surface area contributed by atoms with Gasteiger partial charge in [-0.25, -0.2) is 0 Å². The maximum absolute atomic E-state index is 12.5. The molecule has 1 aromatic carbocycles. The van der Waals surface area contributed by atoms with Crippen molar-refractivity contribution in [1.82, 2.24) is 10.1 Å². The molecule has 2 heterocycles. The van der Waals surface area contributed by atoms with Crippen LogP contribution < -0.4 is 9.64 Å². The molecular formula is C17H20ClN3O3. The fraction of sp³-hybridized carbons (Fsp3) is 0.412. The monoisotopic (exact) mass is 349 g/mol. The van der Waals surface area contributed by atoms with Crippen molar-refractivity contribution >= 4 is 23.2 Å². The number of ether oxygens (including phenoxy) is 1. The van der Waals surface area contributed by atoms with Crippen LogP contribution in [0.15, 0.2) is 28.8 Å². The van der Waals surface area contributed by atoms with Crippen molar-refractivity contribution in [3.8, 4) is 5.88 Å². The predicted octanol–water partition coefficient (Wildman–Crippen LogP) is 3.00. The van der Waals surface area contributed by atoms with Gasteiger partial charge >= 0.3 is 0 Å². The van der Waals surface area contributed by atoms with Crippen molar-refractivity contribution in [2.24, 2.45) is 0 Å². The Bertz CT molecular complexity index is 724. The van der Waals surface area contributed by atoms with Crippen LogP contribution in [0.5, 0.6) is 5.88 Å². The first-order valence-electron chi connectivity index (χ1n) is 7.99. The number of carbonyl (C=O) groups excluding carboxylic acids is 1. The molecular weight excluding hydrogens is 330 g/mol. The lowest BCUT2D eigenvalue weighted by atomic mass is 10.1. The van der Waals surface area contributed by atoms with Gasteiger partial charge in [0.25, 0.3) is 11.8 Å². The van der Waals surface area contributed by atoms with Gasteiger partial charge in [-0.2, -0.15) is 0 Å². The van der Waals surface area contributed by atoms with Crippen molar-refractivity contribution in [3.05, 3.63) is 40.6 Å². The van der Waals surface area contributed by atoms with Gasteiger partial charge in [0.2, 0.25) is 5.76 Å². The highest BCUT2D eigenvalue weighted by molar-refractivity contribution is 6.31. The number of hydrogen-bond acceptors (Lipinski definition) is 5. The van der Waals surface area contributed by atoms with Crippen molar-refractivity contribution in [1.29, 1.82) is 0 Å². The standard InChI is InChI=1S/C17H20ClN3O3/c1-3-23-16-11-15(24-19-16)17(22)21-9-7-20(8-10-21)14-6-4-5-13(18)12(14)2/h4-6,11H,3,7-10H2,1-2H3. The van der Waals surface area contributed by atoms with Crippen LogP contribution in [0, 0.1) is 6.92 Å². The molecule has 3 rings (SSSR count). The molecule has 1 saturated heterocycles. The third kappa shape index (κ3) is 3.33. The number of benzene rings is 1. The van der Waals surface area contributed by atoms with Crippen LogP contribution in [0.1, 0.15) is 23.0 Å². The second-order valence-corrected chi connectivity index (χ2v) is 6.03. The van der Waals surface area contributed by atoms with Crippen LogP contribution in [-0.4, -0.2) is 48.7 Å². The Balaban J connectivity index is 1.64. The Hall–Kier alpha value is -2.21. The summed E-state index contributed by atoms with van der Waals surface area (Å²) in [6.07, 6.45) is 0. The molecule has 0 radical (unpaired) electrons. The number of piperazine rings is 1. The van der Waals surface area contributed by atoms with Gasteiger partial charge in [0.1, 0.15) is 0 Å². The summed E-state index contributed by atoms with van der Waals surface area (Å²) in [5.41, 5.74) is 2.18. The van der Waals surface area contributed by atoms with Gasteiger partial charge in [0.15, 0.2) is 0 Å². The van der Waals surface area contributed by atoms with Crippen LogP contribution in [-0.2, 0) is 0 Å². The summed E-state index contributed by atoms with van der Waals surface area (Å²) in [4.78, 5) is 16.5. The number of halogens is 1. The number of hydrogen-bond donors (Lipinski definition) is 0. The molecule has 1 fully saturated rings. The molecule has 0 bridgehead atoms. The fourth-order valence-corrected chi connectivity index (χ4v) is 2.99. The molecule has 2 aromatic rings. The maximum Gasteiger partial charge on any atom is 0.292 e. The van der Waals surface area contributed by atoms with Crippen LogP contribution in [0.4, 0.5) is 5.69 Å². The zero-order valence-electron chi connectivity index (χ0n) is 13.8. The summed E-state index contributed by atoms with van der Waals surface area (Å²) in [5, 5.41) is 4.50. The number of anilines is 1. The van der Waals surface area contributed by atoms with Gasteiger partial charge < -0.3 is 19.1 Å². The van der Waals surface area contributed by atoms with E-state index in [-0.39, 0.29) is 11.7 Å². The molecule has 7 heteroatoms. The Kier molecular flexibility index (Phi) is 4.94. The summed E-state index contributed by atoms with van der Waals surface area (Å²) in [7, 11) is 0. The lowest BCUT2D eigenvalue weighted by Gasteiger charge is -2.36. The van der Waals surface area contributed by atoms with E-state index in [0.29, 0.717) is 25.6 Å². The van der Waals surface area contributed by atoms with Crippen molar-refractivity contribution < 1.29 is 14.1 Å². The van der Waals surface area contributed by atoms with Crippen LogP contribution in [0.25, 0.3) is 0 Å². The summed E-state index contributed by atoms with van der Waals surface area (Å²) in [6, 6.07) is 7.44. The van der Waals surface area contributed by atoms with E-state index in [1.165, 1.54) is 0 Å². The van der Waals surface area contributed by atoms with Gasteiger partial charge in [-0.15, -0.1) is 0 Å². The van der Waals surface area contributed by atoms with Gasteiger partial charge in [-0.3, -0.25) is 4.79 Å². The summed E-state index contributed by atoms with van der Waals surface area (Å²) in [6.45, 7) is 7.09. The summed E-state index contributed by atoms with van der Waals surface area (Å²) >= 11 is 6.20. The van der Waals surface area contributed by atoms with Crippen LogP contribution in [0.3, 0.4) is 0 Å². The predicted molar refractivity (Wildman–Crippen MR) is 92.0 cm³/mol. The van der Waals surface area contributed by atoms with E-state index in [0.717, 1.165) is 29.4 Å². The SMILES string of the molecule is CCOc1cc(C(=O)N2CCN(c3cccc(Cl)c3C)CC2)on1. The molecule has 0 unspecified atom stereocenters. The van der Waals surface area contributed by atoms with Gasteiger partial charge in [-0.05, 0) is 36.7 Å². The molecule has 0 spiro atoms. The van der Waals surface area contributed by atoms with E-state index in [1.54, 1.807) is 11.0 Å². The number of nitrogens with zero attached hydrogens (tertiary/aromatic N) is 3. The first kappa shape index (κ1) is 16.6. The smallest absolute Gasteiger partial charge is 0.292 e. The third-order valence-electron chi connectivity index (χ3n) is 4.14. The topological polar surface area (TPSA) is 58.8 Å². The first-order valence-corrected chi connectivity index (χ1v) is 8.36. The highest BCUT2D eigenvalue weighted by Gasteiger charge is 2.26. The van der Waals surface area contributed by atoms with E-state index >= 15 is 0 Å². The average molecular weight is 350 g/mol. The van der Waals surface area contributed by atoms with Gasteiger partial charge in [-0.1, -0.05) is 17.7 Å². The van der Waals surface area contributed by atoms with Gasteiger partial charge in [0, 0.05) is 36.9 Å². The minimum absolute atomic E-state index is 0.157. The van der Waals surface area contributed by atoms with Crippen molar-refractivity contribution in [2.75, 3.05) is 37.7 Å². The van der Waals surface area contributed by atoms with E-state index in [4.69, 9.17) is 20.9 Å². The van der Waals surface area contributed by atoms with E-state index < -0.39 is 0 Å². The molecule has 1 amide bonds. The molecule has 0 aliphatic carbocycles. The summed E-state index contributed by atoms with van der Waals surface area (Å²) in [5.74, 6) is 0.399. The fourth-order valence-electron chi connectivity index (χ4n) is 2.82. The molecule has 6 nitrogen and oxygen atoms in total. The van der Waals surface area contributed by atoms with Gasteiger partial charge in [0.05, 0.1) is 12.7 Å². The number of rotatable bonds is 4. The van der Waals surface area contributed by atoms with Crippen LogP contribution in [0.2, 0.25) is 5.02 Å². The highest BCUT2D eigenvalue weighted by Crippen LogP contribution is 2.27. The Morgan fingerprint density at radius 3 is 2.79 bits per heavy atom. The van der Waals surface area contributed by atoms with E-state index in [1.807, 2.05) is 26.0 Å². The number of amides is 1. The lowest BCUT2D eigenvalue weighted by molar-refractivity contribution is 0.0704. The molecule has 128 valence electrons. The van der Waals surface area contributed by atoms with E-state index in [2.05, 4.69) is 16.1 Å². The lowest BCUT2D eigenvalue weighted by Crippen LogP contribution is -2.48. The first-order chi connectivity index (χ1) is 11.6. The minimum Gasteiger partial charge on any atom is -0.476 e. The number of carbonyl (C=O) groups is 1. The Morgan fingerprint density at radius 2 is 2.08 bits per heavy atom. The highest BCUT2D eigenvalue weighted by atomic mass is 35.5. The van der Waals surface area contributed by atoms with Crippen molar-refractivity contribution in [2.45, 2.75) is 13.8 Å².